The Hall–Kier alpha value is -1.44. The second-order valence-electron chi connectivity index (χ2n) is 8.39. The second kappa shape index (κ2) is 8.93. The first-order valence-corrected chi connectivity index (χ1v) is 11.8. The molecule has 1 aliphatic carbocycles. The highest BCUT2D eigenvalue weighted by atomic mass is 32.2. The van der Waals surface area contributed by atoms with Gasteiger partial charge in [-0.25, -0.2) is 8.42 Å². The molecule has 2 fully saturated rings. The Kier molecular flexibility index (Phi) is 6.78. The van der Waals surface area contributed by atoms with Crippen molar-refractivity contribution in [3.63, 3.8) is 0 Å². The number of amides is 1. The number of carbonyl (C=O) groups excluding carboxylic acids is 1. The van der Waals surface area contributed by atoms with Gasteiger partial charge in [0.25, 0.3) is 0 Å². The smallest absolute Gasteiger partial charge is 0.243 e. The van der Waals surface area contributed by atoms with Crippen LogP contribution in [0.4, 0.5) is 0 Å². The van der Waals surface area contributed by atoms with Crippen molar-refractivity contribution in [2.24, 2.45) is 5.92 Å². The molecule has 1 aliphatic heterocycles. The van der Waals surface area contributed by atoms with Crippen LogP contribution in [-0.2, 0) is 14.8 Å². The van der Waals surface area contributed by atoms with Crippen LogP contribution in [0.25, 0.3) is 0 Å². The number of piperidine rings is 1. The summed E-state index contributed by atoms with van der Waals surface area (Å²) >= 11 is 0. The molecule has 28 heavy (non-hydrogen) atoms. The van der Waals surface area contributed by atoms with Crippen molar-refractivity contribution in [2.75, 3.05) is 33.7 Å². The Morgan fingerprint density at radius 3 is 2.29 bits per heavy atom. The first-order valence-electron chi connectivity index (χ1n) is 10.4. The maximum Gasteiger partial charge on any atom is 0.243 e. The first kappa shape index (κ1) is 21.3. The first-order chi connectivity index (χ1) is 13.3. The third-order valence-electron chi connectivity index (χ3n) is 6.53. The molecule has 0 aromatic heterocycles. The van der Waals surface area contributed by atoms with Crippen LogP contribution >= 0.6 is 0 Å². The fourth-order valence-electron chi connectivity index (χ4n) is 4.49. The molecular formula is C21H33N3O3S. The Balaban J connectivity index is 1.54. The number of carbonyl (C=O) groups is 1. The van der Waals surface area contributed by atoms with Gasteiger partial charge in [-0.05, 0) is 51.9 Å². The molecule has 1 saturated heterocycles. The molecule has 0 unspecified atom stereocenters. The molecule has 1 heterocycles. The van der Waals surface area contributed by atoms with Gasteiger partial charge in [0.1, 0.15) is 0 Å². The van der Waals surface area contributed by atoms with Crippen LogP contribution in [0.1, 0.15) is 44.9 Å². The molecule has 0 radical (unpaired) electrons. The molecule has 0 spiro atoms. The standard InChI is InChI=1S/C21H33N3O3S/c1-23(2)21(13-7-4-8-14-21)17-22-20(25)18-11-15-24(16-12-18)28(26,27)19-9-5-3-6-10-19/h3,5-6,9-10,18H,4,7-8,11-17H2,1-2H3,(H,22,25). The van der Waals surface area contributed by atoms with Crippen molar-refractivity contribution in [1.82, 2.24) is 14.5 Å². The van der Waals surface area contributed by atoms with Crippen LogP contribution in [0.5, 0.6) is 0 Å². The second-order valence-corrected chi connectivity index (χ2v) is 10.3. The molecule has 6 nitrogen and oxygen atoms in total. The molecule has 1 saturated carbocycles. The quantitative estimate of drug-likeness (QED) is 0.786. The zero-order valence-corrected chi connectivity index (χ0v) is 17.9. The van der Waals surface area contributed by atoms with Gasteiger partial charge in [-0.1, -0.05) is 37.5 Å². The van der Waals surface area contributed by atoms with Crippen LogP contribution < -0.4 is 5.32 Å². The monoisotopic (exact) mass is 407 g/mol. The van der Waals surface area contributed by atoms with Gasteiger partial charge in [0.05, 0.1) is 4.90 Å². The lowest BCUT2D eigenvalue weighted by Gasteiger charge is -2.43. The van der Waals surface area contributed by atoms with Crippen LogP contribution in [0.15, 0.2) is 35.2 Å². The van der Waals surface area contributed by atoms with Crippen LogP contribution in [-0.4, -0.2) is 62.8 Å². The highest BCUT2D eigenvalue weighted by Crippen LogP contribution is 2.32. The summed E-state index contributed by atoms with van der Waals surface area (Å²) in [7, 11) is 0.737. The topological polar surface area (TPSA) is 69.7 Å². The molecule has 156 valence electrons. The van der Waals surface area contributed by atoms with E-state index in [0.29, 0.717) is 37.4 Å². The van der Waals surface area contributed by atoms with E-state index >= 15 is 0 Å². The van der Waals surface area contributed by atoms with E-state index in [1.54, 1.807) is 24.3 Å². The highest BCUT2D eigenvalue weighted by molar-refractivity contribution is 7.89. The van der Waals surface area contributed by atoms with E-state index in [-0.39, 0.29) is 17.4 Å². The maximum atomic E-state index is 12.7. The van der Waals surface area contributed by atoms with Crippen molar-refractivity contribution in [2.45, 2.75) is 55.4 Å². The van der Waals surface area contributed by atoms with Crippen LogP contribution in [0.3, 0.4) is 0 Å². The molecule has 1 aromatic carbocycles. The predicted molar refractivity (Wildman–Crippen MR) is 110 cm³/mol. The number of likely N-dealkylation sites (N-methyl/N-ethyl adjacent to an activating group) is 1. The summed E-state index contributed by atoms with van der Waals surface area (Å²) in [5, 5.41) is 3.18. The van der Waals surface area contributed by atoms with Gasteiger partial charge in [0.15, 0.2) is 0 Å². The number of benzene rings is 1. The molecule has 1 amide bonds. The van der Waals surface area contributed by atoms with Gasteiger partial charge < -0.3 is 10.2 Å². The molecule has 0 atom stereocenters. The predicted octanol–water partition coefficient (Wildman–Crippen LogP) is 2.47. The van der Waals surface area contributed by atoms with E-state index in [0.717, 1.165) is 12.8 Å². The minimum Gasteiger partial charge on any atom is -0.354 e. The molecule has 1 N–H and O–H groups in total. The Morgan fingerprint density at radius 1 is 1.11 bits per heavy atom. The van der Waals surface area contributed by atoms with Gasteiger partial charge >= 0.3 is 0 Å². The number of hydrogen-bond acceptors (Lipinski definition) is 4. The third-order valence-corrected chi connectivity index (χ3v) is 8.44. The average Bonchev–Trinajstić information content (AvgIpc) is 2.73. The normalized spacial score (nSPS) is 21.5. The van der Waals surface area contributed by atoms with Crippen LogP contribution in [0.2, 0.25) is 0 Å². The fourth-order valence-corrected chi connectivity index (χ4v) is 5.98. The molecular weight excluding hydrogens is 374 g/mol. The number of sulfonamides is 1. The summed E-state index contributed by atoms with van der Waals surface area (Å²) < 4.78 is 27.0. The van der Waals surface area contributed by atoms with E-state index in [1.807, 2.05) is 6.07 Å². The fraction of sp³-hybridized carbons (Fsp3) is 0.667. The van der Waals surface area contributed by atoms with Gasteiger partial charge in [0.2, 0.25) is 15.9 Å². The van der Waals surface area contributed by atoms with E-state index < -0.39 is 10.0 Å². The average molecular weight is 408 g/mol. The van der Waals surface area contributed by atoms with Gasteiger partial charge in [0, 0.05) is 31.1 Å². The van der Waals surface area contributed by atoms with Crippen LogP contribution in [0, 0.1) is 5.92 Å². The SMILES string of the molecule is CN(C)C1(CNC(=O)C2CCN(S(=O)(=O)c3ccccc3)CC2)CCCCC1. The van der Waals surface area contributed by atoms with E-state index in [2.05, 4.69) is 24.3 Å². The van der Waals surface area contributed by atoms with Gasteiger partial charge in [-0.15, -0.1) is 0 Å². The lowest BCUT2D eigenvalue weighted by atomic mass is 9.80. The molecule has 1 aromatic rings. The highest BCUT2D eigenvalue weighted by Gasteiger charge is 2.36. The van der Waals surface area contributed by atoms with E-state index in [9.17, 15) is 13.2 Å². The van der Waals surface area contributed by atoms with Crippen molar-refractivity contribution < 1.29 is 13.2 Å². The zero-order valence-electron chi connectivity index (χ0n) is 17.1. The van der Waals surface area contributed by atoms with Crippen molar-refractivity contribution in [3.05, 3.63) is 30.3 Å². The summed E-state index contributed by atoms with van der Waals surface area (Å²) in [6.07, 6.45) is 7.09. The summed E-state index contributed by atoms with van der Waals surface area (Å²) in [6.45, 7) is 1.48. The summed E-state index contributed by atoms with van der Waals surface area (Å²) in [5.74, 6) is -0.0337. The third kappa shape index (κ3) is 4.58. The lowest BCUT2D eigenvalue weighted by Crippen LogP contribution is -2.55. The molecule has 0 bridgehead atoms. The summed E-state index contributed by atoms with van der Waals surface area (Å²) in [6, 6.07) is 8.53. The van der Waals surface area contributed by atoms with E-state index in [4.69, 9.17) is 0 Å². The maximum absolute atomic E-state index is 12.7. The Morgan fingerprint density at radius 2 is 1.71 bits per heavy atom. The zero-order chi connectivity index (χ0) is 20.2. The van der Waals surface area contributed by atoms with Gasteiger partial charge in [-0.2, -0.15) is 4.31 Å². The van der Waals surface area contributed by atoms with Crippen molar-refractivity contribution >= 4 is 15.9 Å². The number of nitrogens with one attached hydrogen (secondary N) is 1. The minimum atomic E-state index is -3.47. The number of hydrogen-bond donors (Lipinski definition) is 1. The Labute approximate surface area is 169 Å². The van der Waals surface area contributed by atoms with Crippen molar-refractivity contribution in [1.29, 1.82) is 0 Å². The Bertz CT molecular complexity index is 750. The van der Waals surface area contributed by atoms with Gasteiger partial charge in [-0.3, -0.25) is 4.79 Å². The molecule has 2 aliphatic rings. The molecule has 3 rings (SSSR count). The number of nitrogens with zero attached hydrogens (tertiary/aromatic N) is 2. The minimum absolute atomic E-state index is 0.0608. The molecule has 7 heteroatoms. The largest absolute Gasteiger partial charge is 0.354 e. The summed E-state index contributed by atoms with van der Waals surface area (Å²) in [4.78, 5) is 15.3. The van der Waals surface area contributed by atoms with E-state index in [1.165, 1.54) is 23.6 Å². The van der Waals surface area contributed by atoms with Crippen molar-refractivity contribution in [3.8, 4) is 0 Å². The number of rotatable bonds is 6. The summed E-state index contributed by atoms with van der Waals surface area (Å²) in [5.41, 5.74) is 0.0608. The lowest BCUT2D eigenvalue weighted by molar-refractivity contribution is -0.126.